The fourth-order valence-corrected chi connectivity index (χ4v) is 4.49. The van der Waals surface area contributed by atoms with Crippen LogP contribution in [0.1, 0.15) is 48.7 Å². The smallest absolute Gasteiger partial charge is 0.236 e. The highest BCUT2D eigenvalue weighted by atomic mass is 16.5. The van der Waals surface area contributed by atoms with E-state index in [9.17, 15) is 4.79 Å². The Labute approximate surface area is 161 Å². The molecule has 0 spiro atoms. The van der Waals surface area contributed by atoms with E-state index in [-0.39, 0.29) is 11.9 Å². The molecule has 1 unspecified atom stereocenters. The zero-order valence-electron chi connectivity index (χ0n) is 16.1. The van der Waals surface area contributed by atoms with Crippen molar-refractivity contribution in [3.63, 3.8) is 0 Å². The summed E-state index contributed by atoms with van der Waals surface area (Å²) in [5.41, 5.74) is 2.31. The van der Waals surface area contributed by atoms with Crippen LogP contribution in [0.15, 0.2) is 40.9 Å². The Bertz CT molecular complexity index is 750. The van der Waals surface area contributed by atoms with Crippen LogP contribution in [-0.4, -0.2) is 47.0 Å². The van der Waals surface area contributed by atoms with Gasteiger partial charge < -0.3 is 9.42 Å². The number of hydrogen-bond donors (Lipinski definition) is 0. The summed E-state index contributed by atoms with van der Waals surface area (Å²) in [7, 11) is 0. The molecule has 3 heterocycles. The number of benzene rings is 1. The minimum Gasteiger partial charge on any atom is -0.359 e. The summed E-state index contributed by atoms with van der Waals surface area (Å²) in [5, 5.41) is 4.01. The van der Waals surface area contributed by atoms with Crippen molar-refractivity contribution in [1.29, 1.82) is 0 Å². The average molecular weight is 367 g/mol. The molecule has 5 nitrogen and oxygen atoms in total. The maximum absolute atomic E-state index is 12.8. The number of nitrogens with zero attached hydrogens (tertiary/aromatic N) is 3. The molecule has 0 N–H and O–H groups in total. The standard InChI is InChI=1S/C22H29N3O2/c1-17-14-21(27-23-17)20-8-5-11-25(20)16-22(26)24-12-9-19(10-13-24)15-18-6-3-2-4-7-18/h2-4,6-7,14,19-20H,5,8-13,15-16H2,1H3. The van der Waals surface area contributed by atoms with E-state index in [0.717, 1.165) is 63.2 Å². The van der Waals surface area contributed by atoms with Crippen LogP contribution in [0.25, 0.3) is 0 Å². The van der Waals surface area contributed by atoms with Gasteiger partial charge in [-0.1, -0.05) is 35.5 Å². The van der Waals surface area contributed by atoms with Crippen molar-refractivity contribution in [2.45, 2.75) is 45.1 Å². The summed E-state index contributed by atoms with van der Waals surface area (Å²) in [6.07, 6.45) is 5.48. The Kier molecular flexibility index (Phi) is 5.58. The number of hydrogen-bond acceptors (Lipinski definition) is 4. The quantitative estimate of drug-likeness (QED) is 0.810. The van der Waals surface area contributed by atoms with Gasteiger partial charge in [0.1, 0.15) is 0 Å². The molecule has 2 fully saturated rings. The Morgan fingerprint density at radius 1 is 1.15 bits per heavy atom. The summed E-state index contributed by atoms with van der Waals surface area (Å²) < 4.78 is 5.46. The molecule has 2 aromatic rings. The van der Waals surface area contributed by atoms with E-state index in [1.165, 1.54) is 5.56 Å². The highest BCUT2D eigenvalue weighted by Gasteiger charge is 2.32. The van der Waals surface area contributed by atoms with E-state index in [0.29, 0.717) is 12.5 Å². The zero-order valence-corrected chi connectivity index (χ0v) is 16.1. The first-order chi connectivity index (χ1) is 13.2. The van der Waals surface area contributed by atoms with Crippen molar-refractivity contribution >= 4 is 5.91 Å². The van der Waals surface area contributed by atoms with Gasteiger partial charge >= 0.3 is 0 Å². The predicted octanol–water partition coefficient (Wildman–Crippen LogP) is 3.60. The van der Waals surface area contributed by atoms with E-state index in [2.05, 4.69) is 45.3 Å². The fraction of sp³-hybridized carbons (Fsp3) is 0.545. The molecule has 27 heavy (non-hydrogen) atoms. The van der Waals surface area contributed by atoms with E-state index in [4.69, 9.17) is 4.52 Å². The van der Waals surface area contributed by atoms with E-state index in [1.807, 2.05) is 13.0 Å². The lowest BCUT2D eigenvalue weighted by atomic mass is 9.90. The van der Waals surface area contributed by atoms with E-state index in [1.54, 1.807) is 0 Å². The van der Waals surface area contributed by atoms with Crippen LogP contribution in [0.3, 0.4) is 0 Å². The maximum atomic E-state index is 12.8. The number of rotatable bonds is 5. The first kappa shape index (κ1) is 18.2. The number of aromatic nitrogens is 1. The lowest BCUT2D eigenvalue weighted by Gasteiger charge is -2.34. The molecule has 1 aromatic heterocycles. The summed E-state index contributed by atoms with van der Waals surface area (Å²) >= 11 is 0. The zero-order chi connectivity index (χ0) is 18.6. The van der Waals surface area contributed by atoms with Crippen LogP contribution in [0, 0.1) is 12.8 Å². The topological polar surface area (TPSA) is 49.6 Å². The van der Waals surface area contributed by atoms with Gasteiger partial charge in [0.05, 0.1) is 18.3 Å². The Balaban J connectivity index is 1.28. The molecule has 0 saturated carbocycles. The second-order valence-electron chi connectivity index (χ2n) is 8.01. The summed E-state index contributed by atoms with van der Waals surface area (Å²) in [4.78, 5) is 17.2. The molecule has 4 rings (SSSR count). The van der Waals surface area contributed by atoms with Gasteiger partial charge in [-0.15, -0.1) is 0 Å². The number of carbonyl (C=O) groups is 1. The van der Waals surface area contributed by atoms with E-state index < -0.39 is 0 Å². The third-order valence-corrected chi connectivity index (χ3v) is 6.01. The second-order valence-corrected chi connectivity index (χ2v) is 8.01. The minimum absolute atomic E-state index is 0.200. The van der Waals surface area contributed by atoms with Gasteiger partial charge in [-0.25, -0.2) is 0 Å². The number of aryl methyl sites for hydroxylation is 1. The van der Waals surface area contributed by atoms with E-state index >= 15 is 0 Å². The Morgan fingerprint density at radius 2 is 1.93 bits per heavy atom. The number of amides is 1. The molecule has 1 amide bonds. The first-order valence-corrected chi connectivity index (χ1v) is 10.2. The molecule has 2 aliphatic heterocycles. The molecule has 0 aliphatic carbocycles. The monoisotopic (exact) mass is 367 g/mol. The lowest BCUT2D eigenvalue weighted by Crippen LogP contribution is -2.44. The van der Waals surface area contributed by atoms with Crippen LogP contribution in [0.5, 0.6) is 0 Å². The summed E-state index contributed by atoms with van der Waals surface area (Å²) in [6, 6.07) is 12.9. The predicted molar refractivity (Wildman–Crippen MR) is 104 cm³/mol. The van der Waals surface area contributed by atoms with Crippen molar-refractivity contribution in [3.8, 4) is 0 Å². The SMILES string of the molecule is Cc1cc(C2CCCN2CC(=O)N2CCC(Cc3ccccc3)CC2)on1. The minimum atomic E-state index is 0.200. The molecule has 2 aliphatic rings. The summed E-state index contributed by atoms with van der Waals surface area (Å²) in [5.74, 6) is 1.85. The van der Waals surface area contributed by atoms with Crippen molar-refractivity contribution in [2.75, 3.05) is 26.2 Å². The number of carbonyl (C=O) groups excluding carboxylic acids is 1. The largest absolute Gasteiger partial charge is 0.359 e. The molecule has 144 valence electrons. The van der Waals surface area contributed by atoms with Gasteiger partial charge in [-0.3, -0.25) is 9.69 Å². The number of likely N-dealkylation sites (tertiary alicyclic amines) is 2. The fourth-order valence-electron chi connectivity index (χ4n) is 4.49. The third-order valence-electron chi connectivity index (χ3n) is 6.01. The maximum Gasteiger partial charge on any atom is 0.236 e. The Morgan fingerprint density at radius 3 is 2.63 bits per heavy atom. The van der Waals surface area contributed by atoms with Crippen LogP contribution in [0.4, 0.5) is 0 Å². The van der Waals surface area contributed by atoms with Crippen molar-refractivity contribution in [1.82, 2.24) is 15.0 Å². The van der Waals surface area contributed by atoms with Gasteiger partial charge in [-0.2, -0.15) is 0 Å². The van der Waals surface area contributed by atoms with Gasteiger partial charge in [-0.05, 0) is 57.1 Å². The van der Waals surface area contributed by atoms with Gasteiger partial charge in [0, 0.05) is 19.2 Å². The molecule has 0 bridgehead atoms. The van der Waals surface area contributed by atoms with Crippen LogP contribution in [-0.2, 0) is 11.2 Å². The average Bonchev–Trinajstić information content (AvgIpc) is 3.32. The second kappa shape index (κ2) is 8.26. The molecule has 2 saturated heterocycles. The summed E-state index contributed by atoms with van der Waals surface area (Å²) in [6.45, 7) is 5.16. The van der Waals surface area contributed by atoms with Gasteiger partial charge in [0.25, 0.3) is 0 Å². The third kappa shape index (κ3) is 4.41. The Hall–Kier alpha value is -2.14. The lowest BCUT2D eigenvalue weighted by molar-refractivity contribution is -0.134. The van der Waals surface area contributed by atoms with Crippen molar-refractivity contribution < 1.29 is 9.32 Å². The molecule has 1 atom stereocenters. The van der Waals surface area contributed by atoms with Crippen LogP contribution in [0.2, 0.25) is 0 Å². The van der Waals surface area contributed by atoms with Crippen LogP contribution >= 0.6 is 0 Å². The molecule has 0 radical (unpaired) electrons. The van der Waals surface area contributed by atoms with Crippen LogP contribution < -0.4 is 0 Å². The van der Waals surface area contributed by atoms with Crippen molar-refractivity contribution in [2.24, 2.45) is 5.92 Å². The normalized spacial score (nSPS) is 21.7. The number of piperidine rings is 1. The first-order valence-electron chi connectivity index (χ1n) is 10.2. The highest BCUT2D eigenvalue weighted by molar-refractivity contribution is 5.78. The molecular weight excluding hydrogens is 338 g/mol. The van der Waals surface area contributed by atoms with Crippen molar-refractivity contribution in [3.05, 3.63) is 53.4 Å². The molecule has 5 heteroatoms. The highest BCUT2D eigenvalue weighted by Crippen LogP contribution is 2.32. The molecular formula is C22H29N3O2. The molecule has 1 aromatic carbocycles. The van der Waals surface area contributed by atoms with Gasteiger partial charge in [0.2, 0.25) is 5.91 Å². The van der Waals surface area contributed by atoms with Gasteiger partial charge in [0.15, 0.2) is 5.76 Å².